The van der Waals surface area contributed by atoms with Crippen molar-refractivity contribution in [3.63, 3.8) is 0 Å². The van der Waals surface area contributed by atoms with Crippen molar-refractivity contribution in [1.82, 2.24) is 5.32 Å². The minimum Gasteiger partial charge on any atom is -0.313 e. The number of amidine groups is 1. The minimum atomic E-state index is -0.138. The molecule has 4 rings (SSSR count). The Hall–Kier alpha value is -2.75. The highest BCUT2D eigenvalue weighted by Crippen LogP contribution is 2.35. The van der Waals surface area contributed by atoms with Gasteiger partial charge in [-0.15, -0.1) is 0 Å². The minimum absolute atomic E-state index is 0.0712. The van der Waals surface area contributed by atoms with E-state index in [-0.39, 0.29) is 17.7 Å². The predicted molar refractivity (Wildman–Crippen MR) is 96.4 cm³/mol. The predicted octanol–water partition coefficient (Wildman–Crippen LogP) is 4.13. The van der Waals surface area contributed by atoms with Crippen LogP contribution in [-0.2, 0) is 4.79 Å². The van der Waals surface area contributed by atoms with E-state index in [0.717, 1.165) is 35.5 Å². The summed E-state index contributed by atoms with van der Waals surface area (Å²) in [5, 5.41) is 3.07. The van der Waals surface area contributed by atoms with Crippen LogP contribution in [0.4, 0.5) is 11.4 Å². The lowest BCUT2D eigenvalue weighted by Gasteiger charge is -2.19. The van der Waals surface area contributed by atoms with E-state index in [2.05, 4.69) is 17.4 Å². The van der Waals surface area contributed by atoms with Crippen molar-refractivity contribution in [1.29, 1.82) is 0 Å². The van der Waals surface area contributed by atoms with E-state index in [1.807, 2.05) is 49.4 Å². The third-order valence-corrected chi connectivity index (χ3v) is 4.44. The van der Waals surface area contributed by atoms with Gasteiger partial charge in [0.2, 0.25) is 5.91 Å². The number of carbonyl (C=O) groups excluding carboxylic acids is 1. The number of para-hydroxylation sites is 2. The lowest BCUT2D eigenvalue weighted by atomic mass is 9.93. The first-order valence-electron chi connectivity index (χ1n) is 8.31. The van der Waals surface area contributed by atoms with Crippen molar-refractivity contribution in [2.75, 3.05) is 0 Å². The number of carbonyl (C=O) groups is 1. The van der Waals surface area contributed by atoms with E-state index in [4.69, 9.17) is 9.98 Å². The maximum Gasteiger partial charge on any atom is 0.228 e. The van der Waals surface area contributed by atoms with Gasteiger partial charge in [0.25, 0.3) is 0 Å². The van der Waals surface area contributed by atoms with E-state index >= 15 is 0 Å². The van der Waals surface area contributed by atoms with Gasteiger partial charge in [-0.2, -0.15) is 0 Å². The standard InChI is InChI=1S/C20H19N3O/c1-13-18(14-7-3-2-4-8-14)19(23-20(24)15-11-12-15)22-17-10-6-5-9-16(17)21-13/h2-10,15,18H,11-12H2,1H3,(H,22,23,24)/t18-/m1/s1. The van der Waals surface area contributed by atoms with Gasteiger partial charge in [0.15, 0.2) is 0 Å². The molecule has 4 nitrogen and oxygen atoms in total. The maximum absolute atomic E-state index is 12.3. The molecule has 2 aromatic rings. The third-order valence-electron chi connectivity index (χ3n) is 4.44. The number of nitrogens with one attached hydrogen (secondary N) is 1. The fourth-order valence-corrected chi connectivity index (χ4v) is 3.02. The topological polar surface area (TPSA) is 53.8 Å². The van der Waals surface area contributed by atoms with E-state index in [1.165, 1.54) is 0 Å². The zero-order chi connectivity index (χ0) is 16.5. The van der Waals surface area contributed by atoms with Gasteiger partial charge in [-0.25, -0.2) is 4.99 Å². The lowest BCUT2D eigenvalue weighted by molar-refractivity contribution is -0.120. The summed E-state index contributed by atoms with van der Waals surface area (Å²) < 4.78 is 0. The molecule has 1 aliphatic heterocycles. The number of amides is 1. The summed E-state index contributed by atoms with van der Waals surface area (Å²) in [4.78, 5) is 21.9. The van der Waals surface area contributed by atoms with Gasteiger partial charge < -0.3 is 5.32 Å². The van der Waals surface area contributed by atoms with Crippen molar-refractivity contribution in [2.24, 2.45) is 15.9 Å². The summed E-state index contributed by atoms with van der Waals surface area (Å²) in [5.74, 6) is 0.743. The van der Waals surface area contributed by atoms with Crippen LogP contribution in [-0.4, -0.2) is 17.5 Å². The van der Waals surface area contributed by atoms with Gasteiger partial charge in [-0.1, -0.05) is 42.5 Å². The Morgan fingerprint density at radius 3 is 2.25 bits per heavy atom. The van der Waals surface area contributed by atoms with Crippen molar-refractivity contribution >= 4 is 28.8 Å². The number of nitrogens with zero attached hydrogens (tertiary/aromatic N) is 2. The van der Waals surface area contributed by atoms with Crippen molar-refractivity contribution in [3.8, 4) is 0 Å². The second kappa shape index (κ2) is 6.04. The molecule has 1 atom stereocenters. The highest BCUT2D eigenvalue weighted by atomic mass is 16.2. The normalized spacial score (nSPS) is 19.6. The zero-order valence-electron chi connectivity index (χ0n) is 13.6. The SMILES string of the molecule is CC1=Nc2ccccc2N=C(NC(=O)C2CC2)[C@H]1c1ccccc1. The molecule has 1 N–H and O–H groups in total. The Morgan fingerprint density at radius 1 is 0.958 bits per heavy atom. The Labute approximate surface area is 141 Å². The summed E-state index contributed by atoms with van der Waals surface area (Å²) in [7, 11) is 0. The Bertz CT molecular complexity index is 835. The van der Waals surface area contributed by atoms with Gasteiger partial charge in [0.1, 0.15) is 5.84 Å². The molecular weight excluding hydrogens is 298 g/mol. The van der Waals surface area contributed by atoms with E-state index < -0.39 is 0 Å². The van der Waals surface area contributed by atoms with Gasteiger partial charge in [-0.05, 0) is 37.5 Å². The number of rotatable bonds is 2. The molecule has 1 aliphatic carbocycles. The van der Waals surface area contributed by atoms with Gasteiger partial charge in [0.05, 0.1) is 17.3 Å². The molecule has 0 unspecified atom stereocenters. The van der Waals surface area contributed by atoms with Crippen LogP contribution in [0.15, 0.2) is 64.6 Å². The molecule has 1 saturated carbocycles. The summed E-state index contributed by atoms with van der Waals surface area (Å²) in [6.45, 7) is 2.00. The number of benzene rings is 2. The Kier molecular flexibility index (Phi) is 3.73. The molecule has 0 aromatic heterocycles. The number of fused-ring (bicyclic) bond motifs is 1. The van der Waals surface area contributed by atoms with Gasteiger partial charge >= 0.3 is 0 Å². The highest BCUT2D eigenvalue weighted by Gasteiger charge is 2.33. The van der Waals surface area contributed by atoms with E-state index in [0.29, 0.717) is 5.84 Å². The number of hydrogen-bond acceptors (Lipinski definition) is 3. The fraction of sp³-hybridized carbons (Fsp3) is 0.250. The number of hydrogen-bond donors (Lipinski definition) is 1. The maximum atomic E-state index is 12.3. The van der Waals surface area contributed by atoms with Crippen molar-refractivity contribution < 1.29 is 4.79 Å². The highest BCUT2D eigenvalue weighted by molar-refractivity contribution is 6.17. The van der Waals surface area contributed by atoms with Crippen molar-refractivity contribution in [2.45, 2.75) is 25.7 Å². The van der Waals surface area contributed by atoms with E-state index in [1.54, 1.807) is 0 Å². The molecule has 0 saturated heterocycles. The zero-order valence-corrected chi connectivity index (χ0v) is 13.6. The summed E-state index contributed by atoms with van der Waals surface area (Å²) in [5.41, 5.74) is 3.65. The van der Waals surface area contributed by atoms with Crippen LogP contribution in [0.2, 0.25) is 0 Å². The molecule has 0 spiro atoms. The average molecular weight is 317 g/mol. The van der Waals surface area contributed by atoms with Crippen LogP contribution < -0.4 is 5.32 Å². The van der Waals surface area contributed by atoms with Crippen LogP contribution in [0.5, 0.6) is 0 Å². The first kappa shape index (κ1) is 14.8. The smallest absolute Gasteiger partial charge is 0.228 e. The van der Waals surface area contributed by atoms with Gasteiger partial charge in [-0.3, -0.25) is 9.79 Å². The van der Waals surface area contributed by atoms with Crippen molar-refractivity contribution in [3.05, 3.63) is 60.2 Å². The molecule has 1 fully saturated rings. The molecule has 0 radical (unpaired) electrons. The summed E-state index contributed by atoms with van der Waals surface area (Å²) in [6.07, 6.45) is 1.94. The molecule has 1 heterocycles. The molecule has 24 heavy (non-hydrogen) atoms. The first-order valence-corrected chi connectivity index (χ1v) is 8.31. The molecule has 0 bridgehead atoms. The second-order valence-electron chi connectivity index (χ2n) is 6.35. The van der Waals surface area contributed by atoms with Gasteiger partial charge in [0, 0.05) is 11.6 Å². The number of aliphatic imine (C=N–C) groups is 2. The largest absolute Gasteiger partial charge is 0.313 e. The Morgan fingerprint density at radius 2 is 1.58 bits per heavy atom. The molecular formula is C20H19N3O. The molecule has 4 heteroatoms. The monoisotopic (exact) mass is 317 g/mol. The molecule has 120 valence electrons. The van der Waals surface area contributed by atoms with Crippen LogP contribution in [0, 0.1) is 5.92 Å². The van der Waals surface area contributed by atoms with Crippen LogP contribution in [0.25, 0.3) is 0 Å². The second-order valence-corrected chi connectivity index (χ2v) is 6.35. The quantitative estimate of drug-likeness (QED) is 0.889. The first-order chi connectivity index (χ1) is 11.7. The van der Waals surface area contributed by atoms with Crippen LogP contribution in [0.1, 0.15) is 31.2 Å². The Balaban J connectivity index is 1.81. The average Bonchev–Trinajstić information content (AvgIpc) is 3.42. The molecule has 1 amide bonds. The van der Waals surface area contributed by atoms with Crippen LogP contribution >= 0.6 is 0 Å². The molecule has 2 aliphatic rings. The fourth-order valence-electron chi connectivity index (χ4n) is 3.02. The van der Waals surface area contributed by atoms with E-state index in [9.17, 15) is 4.79 Å². The summed E-state index contributed by atoms with van der Waals surface area (Å²) in [6, 6.07) is 17.9. The molecule has 2 aromatic carbocycles. The summed E-state index contributed by atoms with van der Waals surface area (Å²) >= 11 is 0. The lowest BCUT2D eigenvalue weighted by Crippen LogP contribution is -2.37. The third kappa shape index (κ3) is 2.87. The van der Waals surface area contributed by atoms with Crippen LogP contribution in [0.3, 0.4) is 0 Å².